The van der Waals surface area contributed by atoms with Crippen molar-refractivity contribution < 1.29 is 14.3 Å². The van der Waals surface area contributed by atoms with Crippen molar-refractivity contribution in [2.75, 3.05) is 19.5 Å². The van der Waals surface area contributed by atoms with Gasteiger partial charge in [0, 0.05) is 30.2 Å². The first kappa shape index (κ1) is 19.2. The second-order valence-corrected chi connectivity index (χ2v) is 6.43. The van der Waals surface area contributed by atoms with E-state index in [1.165, 1.54) is 0 Å². The molecule has 2 aromatic carbocycles. The number of amides is 1. The maximum absolute atomic E-state index is 13.2. The lowest BCUT2D eigenvalue weighted by Crippen LogP contribution is -2.13. The summed E-state index contributed by atoms with van der Waals surface area (Å²) in [5, 5.41) is 7.56. The average Bonchev–Trinajstić information content (AvgIpc) is 3.26. The smallest absolute Gasteiger partial charge is 0.259 e. The third-order valence-corrected chi connectivity index (χ3v) is 4.57. The SMILES string of the molecule is COc1ccc(OC)c(NC(=O)c2cn(-c3ccccc3)nc2-c2cccnc2)c1. The van der Waals surface area contributed by atoms with Gasteiger partial charge in [-0.3, -0.25) is 9.78 Å². The van der Waals surface area contributed by atoms with Gasteiger partial charge >= 0.3 is 0 Å². The molecule has 0 bridgehead atoms. The van der Waals surface area contributed by atoms with Crippen LogP contribution in [0.4, 0.5) is 5.69 Å². The lowest BCUT2D eigenvalue weighted by molar-refractivity contribution is 0.102. The molecule has 7 heteroatoms. The second-order valence-electron chi connectivity index (χ2n) is 6.43. The van der Waals surface area contributed by atoms with E-state index >= 15 is 0 Å². The first-order valence-corrected chi connectivity index (χ1v) is 9.28. The molecule has 1 amide bonds. The molecule has 0 saturated carbocycles. The Morgan fingerprint density at radius 2 is 1.83 bits per heavy atom. The van der Waals surface area contributed by atoms with E-state index in [1.54, 1.807) is 55.7 Å². The molecule has 1 N–H and O–H groups in total. The molecule has 0 unspecified atom stereocenters. The van der Waals surface area contributed by atoms with Crippen LogP contribution in [0.2, 0.25) is 0 Å². The number of hydrogen-bond acceptors (Lipinski definition) is 5. The minimum Gasteiger partial charge on any atom is -0.497 e. The van der Waals surface area contributed by atoms with E-state index in [2.05, 4.69) is 15.4 Å². The van der Waals surface area contributed by atoms with Crippen molar-refractivity contribution in [3.8, 4) is 28.4 Å². The van der Waals surface area contributed by atoms with Crippen molar-refractivity contribution in [2.24, 2.45) is 0 Å². The van der Waals surface area contributed by atoms with Crippen LogP contribution in [0.5, 0.6) is 11.5 Å². The van der Waals surface area contributed by atoms with Crippen LogP contribution < -0.4 is 14.8 Å². The van der Waals surface area contributed by atoms with Crippen molar-refractivity contribution in [3.05, 3.63) is 84.8 Å². The van der Waals surface area contributed by atoms with E-state index in [4.69, 9.17) is 9.47 Å². The van der Waals surface area contributed by atoms with Crippen molar-refractivity contribution in [1.82, 2.24) is 14.8 Å². The Bertz CT molecular complexity index is 1160. The first-order valence-electron chi connectivity index (χ1n) is 9.28. The van der Waals surface area contributed by atoms with Gasteiger partial charge in [0.25, 0.3) is 5.91 Å². The predicted molar refractivity (Wildman–Crippen MR) is 114 cm³/mol. The van der Waals surface area contributed by atoms with E-state index in [9.17, 15) is 4.79 Å². The van der Waals surface area contributed by atoms with Crippen LogP contribution in [0.3, 0.4) is 0 Å². The number of nitrogens with zero attached hydrogens (tertiary/aromatic N) is 3. The molecule has 30 heavy (non-hydrogen) atoms. The maximum Gasteiger partial charge on any atom is 0.259 e. The number of carbonyl (C=O) groups excluding carboxylic acids is 1. The quantitative estimate of drug-likeness (QED) is 0.525. The van der Waals surface area contributed by atoms with Crippen LogP contribution in [0, 0.1) is 0 Å². The van der Waals surface area contributed by atoms with Gasteiger partial charge in [-0.2, -0.15) is 5.10 Å². The Labute approximate surface area is 173 Å². The van der Waals surface area contributed by atoms with E-state index in [1.807, 2.05) is 42.5 Å². The number of ether oxygens (including phenoxy) is 2. The van der Waals surface area contributed by atoms with Crippen molar-refractivity contribution in [2.45, 2.75) is 0 Å². The van der Waals surface area contributed by atoms with Crippen LogP contribution in [0.15, 0.2) is 79.3 Å². The molecule has 0 spiro atoms. The van der Waals surface area contributed by atoms with Gasteiger partial charge in [-0.1, -0.05) is 18.2 Å². The van der Waals surface area contributed by atoms with E-state index in [0.29, 0.717) is 28.4 Å². The van der Waals surface area contributed by atoms with Crippen LogP contribution in [-0.4, -0.2) is 34.9 Å². The predicted octanol–water partition coefficient (Wildman–Crippen LogP) is 4.20. The van der Waals surface area contributed by atoms with Crippen molar-refractivity contribution in [1.29, 1.82) is 0 Å². The zero-order valence-corrected chi connectivity index (χ0v) is 16.6. The summed E-state index contributed by atoms with van der Waals surface area (Å²) in [4.78, 5) is 17.4. The van der Waals surface area contributed by atoms with Crippen LogP contribution in [-0.2, 0) is 0 Å². The van der Waals surface area contributed by atoms with Crippen LogP contribution in [0.1, 0.15) is 10.4 Å². The number of para-hydroxylation sites is 1. The topological polar surface area (TPSA) is 78.3 Å². The summed E-state index contributed by atoms with van der Waals surface area (Å²) in [6.45, 7) is 0. The highest BCUT2D eigenvalue weighted by Crippen LogP contribution is 2.30. The van der Waals surface area contributed by atoms with Gasteiger partial charge < -0.3 is 14.8 Å². The number of anilines is 1. The van der Waals surface area contributed by atoms with Crippen molar-refractivity contribution >= 4 is 11.6 Å². The summed E-state index contributed by atoms with van der Waals surface area (Å²) < 4.78 is 12.3. The summed E-state index contributed by atoms with van der Waals surface area (Å²) in [6, 6.07) is 18.5. The third kappa shape index (κ3) is 3.86. The Morgan fingerprint density at radius 3 is 2.53 bits per heavy atom. The number of rotatable bonds is 6. The number of aromatic nitrogens is 3. The molecular formula is C23H20N4O3. The standard InChI is InChI=1S/C23H20N4O3/c1-29-18-10-11-21(30-2)20(13-18)25-23(28)19-15-27(17-8-4-3-5-9-17)26-22(19)16-7-6-12-24-14-16/h3-15H,1-2H3,(H,25,28). The largest absolute Gasteiger partial charge is 0.497 e. The van der Waals surface area contributed by atoms with Gasteiger partial charge in [0.1, 0.15) is 17.2 Å². The number of benzene rings is 2. The molecule has 0 aliphatic heterocycles. The number of pyridine rings is 1. The lowest BCUT2D eigenvalue weighted by atomic mass is 10.1. The number of nitrogens with one attached hydrogen (secondary N) is 1. The van der Waals surface area contributed by atoms with Gasteiger partial charge in [0.15, 0.2) is 0 Å². The maximum atomic E-state index is 13.2. The van der Waals surface area contributed by atoms with Gasteiger partial charge in [0.05, 0.1) is 31.2 Å². The molecule has 0 atom stereocenters. The summed E-state index contributed by atoms with van der Waals surface area (Å²) in [5.41, 5.74) is 3.05. The molecule has 0 aliphatic rings. The van der Waals surface area contributed by atoms with E-state index in [-0.39, 0.29) is 5.91 Å². The fraction of sp³-hybridized carbons (Fsp3) is 0.0870. The minimum atomic E-state index is -0.317. The molecule has 2 heterocycles. The summed E-state index contributed by atoms with van der Waals surface area (Å²) in [7, 11) is 3.11. The van der Waals surface area contributed by atoms with Crippen molar-refractivity contribution in [3.63, 3.8) is 0 Å². The van der Waals surface area contributed by atoms with E-state index < -0.39 is 0 Å². The molecule has 0 aliphatic carbocycles. The van der Waals surface area contributed by atoms with Crippen LogP contribution >= 0.6 is 0 Å². The molecule has 4 aromatic rings. The Morgan fingerprint density at radius 1 is 1.00 bits per heavy atom. The molecular weight excluding hydrogens is 380 g/mol. The highest BCUT2D eigenvalue weighted by molar-refractivity contribution is 6.08. The lowest BCUT2D eigenvalue weighted by Gasteiger charge is -2.11. The number of carbonyl (C=O) groups is 1. The zero-order valence-electron chi connectivity index (χ0n) is 16.6. The highest BCUT2D eigenvalue weighted by Gasteiger charge is 2.20. The Balaban J connectivity index is 1.76. The Hall–Kier alpha value is -4.13. The molecule has 150 valence electrons. The molecule has 0 saturated heterocycles. The summed E-state index contributed by atoms with van der Waals surface area (Å²) in [6.07, 6.45) is 5.07. The fourth-order valence-corrected chi connectivity index (χ4v) is 3.07. The fourth-order valence-electron chi connectivity index (χ4n) is 3.07. The molecule has 2 aromatic heterocycles. The minimum absolute atomic E-state index is 0.317. The van der Waals surface area contributed by atoms with Gasteiger partial charge in [0.2, 0.25) is 0 Å². The first-order chi connectivity index (χ1) is 14.7. The molecule has 0 radical (unpaired) electrons. The Kier molecular flexibility index (Phi) is 5.43. The second kappa shape index (κ2) is 8.48. The van der Waals surface area contributed by atoms with Gasteiger partial charge in [-0.05, 0) is 36.4 Å². The molecule has 4 rings (SSSR count). The van der Waals surface area contributed by atoms with Gasteiger partial charge in [-0.15, -0.1) is 0 Å². The van der Waals surface area contributed by atoms with Crippen LogP contribution in [0.25, 0.3) is 16.9 Å². The number of methoxy groups -OCH3 is 2. The molecule has 0 fully saturated rings. The zero-order chi connectivity index (χ0) is 20.9. The summed E-state index contributed by atoms with van der Waals surface area (Å²) >= 11 is 0. The van der Waals surface area contributed by atoms with Gasteiger partial charge in [-0.25, -0.2) is 4.68 Å². The molecule has 7 nitrogen and oxygen atoms in total. The highest BCUT2D eigenvalue weighted by atomic mass is 16.5. The summed E-state index contributed by atoms with van der Waals surface area (Å²) in [5.74, 6) is 0.823. The number of hydrogen-bond donors (Lipinski definition) is 1. The normalized spacial score (nSPS) is 10.5. The average molecular weight is 400 g/mol. The monoisotopic (exact) mass is 400 g/mol. The van der Waals surface area contributed by atoms with E-state index in [0.717, 1.165) is 11.3 Å². The third-order valence-electron chi connectivity index (χ3n) is 4.57.